The summed E-state index contributed by atoms with van der Waals surface area (Å²) in [5.41, 5.74) is 10.3. The number of aromatic nitrogens is 1. The average molecular weight is 596 g/mol. The van der Waals surface area contributed by atoms with Gasteiger partial charge in [0.2, 0.25) is 0 Å². The fraction of sp³-hybridized carbons (Fsp3) is 0.0698. The van der Waals surface area contributed by atoms with Crippen LogP contribution < -0.4 is 0 Å². The number of thiophene rings is 1. The van der Waals surface area contributed by atoms with Gasteiger partial charge in [0.25, 0.3) is 0 Å². The second-order valence-corrected chi connectivity index (χ2v) is 13.0. The third-order valence-electron chi connectivity index (χ3n) is 8.98. The van der Waals surface area contributed by atoms with Crippen LogP contribution in [-0.2, 0) is 0 Å². The van der Waals surface area contributed by atoms with Crippen LogP contribution in [0.1, 0.15) is 16.7 Å². The highest BCUT2D eigenvalue weighted by atomic mass is 32.1. The van der Waals surface area contributed by atoms with E-state index in [0.29, 0.717) is 0 Å². The van der Waals surface area contributed by atoms with Crippen molar-refractivity contribution < 1.29 is 0 Å². The third-order valence-corrected chi connectivity index (χ3v) is 10.2. The summed E-state index contributed by atoms with van der Waals surface area (Å²) in [5.74, 6) is 0. The van der Waals surface area contributed by atoms with Crippen LogP contribution in [0.2, 0.25) is 0 Å². The molecule has 0 aliphatic heterocycles. The van der Waals surface area contributed by atoms with E-state index >= 15 is 0 Å². The molecular formula is C43H33NS. The summed E-state index contributed by atoms with van der Waals surface area (Å²) < 4.78 is 5.15. The second-order valence-electron chi connectivity index (χ2n) is 11.9. The Morgan fingerprint density at radius 2 is 1.18 bits per heavy atom. The lowest BCUT2D eigenvalue weighted by atomic mass is 9.91. The molecule has 9 rings (SSSR count). The van der Waals surface area contributed by atoms with Crippen molar-refractivity contribution >= 4 is 64.1 Å². The maximum absolute atomic E-state index is 2.45. The summed E-state index contributed by atoms with van der Waals surface area (Å²) in [4.78, 5) is 0. The summed E-state index contributed by atoms with van der Waals surface area (Å²) in [6, 6.07) is 52.6. The molecule has 216 valence electrons. The molecule has 0 fully saturated rings. The van der Waals surface area contributed by atoms with Gasteiger partial charge in [0.05, 0.1) is 11.0 Å². The van der Waals surface area contributed by atoms with Crippen LogP contribution in [0, 0.1) is 20.8 Å². The Balaban J connectivity index is 0.000000382. The van der Waals surface area contributed by atoms with E-state index in [0.717, 1.165) is 0 Å². The Hall–Kier alpha value is -5.18. The van der Waals surface area contributed by atoms with Crippen molar-refractivity contribution in [1.29, 1.82) is 0 Å². The Labute approximate surface area is 267 Å². The first-order valence-corrected chi connectivity index (χ1v) is 16.3. The van der Waals surface area contributed by atoms with Crippen LogP contribution in [0.4, 0.5) is 0 Å². The molecule has 0 aliphatic carbocycles. The normalized spacial score (nSPS) is 11.4. The Morgan fingerprint density at radius 1 is 0.489 bits per heavy atom. The fourth-order valence-corrected chi connectivity index (χ4v) is 8.14. The first-order valence-electron chi connectivity index (χ1n) is 15.5. The zero-order chi connectivity index (χ0) is 30.5. The van der Waals surface area contributed by atoms with Crippen LogP contribution in [0.25, 0.3) is 69.6 Å². The molecule has 0 unspecified atom stereocenters. The minimum atomic E-state index is 1.19. The van der Waals surface area contributed by atoms with Gasteiger partial charge in [-0.3, -0.25) is 0 Å². The molecule has 0 aliphatic rings. The average Bonchev–Trinajstić information content (AvgIpc) is 3.61. The molecule has 2 aromatic heterocycles. The highest BCUT2D eigenvalue weighted by Gasteiger charge is 2.20. The van der Waals surface area contributed by atoms with Gasteiger partial charge >= 0.3 is 0 Å². The van der Waals surface area contributed by atoms with Gasteiger partial charge in [-0.15, -0.1) is 11.3 Å². The maximum atomic E-state index is 2.45. The highest BCUT2D eigenvalue weighted by molar-refractivity contribution is 7.26. The van der Waals surface area contributed by atoms with Crippen molar-refractivity contribution in [3.63, 3.8) is 0 Å². The van der Waals surface area contributed by atoms with Gasteiger partial charge in [-0.1, -0.05) is 115 Å². The zero-order valence-electron chi connectivity index (χ0n) is 25.7. The van der Waals surface area contributed by atoms with Crippen molar-refractivity contribution in [2.75, 3.05) is 0 Å². The van der Waals surface area contributed by atoms with Crippen molar-refractivity contribution in [2.45, 2.75) is 20.8 Å². The van der Waals surface area contributed by atoms with E-state index in [4.69, 9.17) is 0 Å². The number of hydrogen-bond acceptors (Lipinski definition) is 1. The van der Waals surface area contributed by atoms with Gasteiger partial charge in [0.1, 0.15) is 0 Å². The lowest BCUT2D eigenvalue weighted by Gasteiger charge is -2.14. The molecule has 0 saturated heterocycles. The second kappa shape index (κ2) is 11.1. The molecule has 2 heterocycles. The topological polar surface area (TPSA) is 4.93 Å². The van der Waals surface area contributed by atoms with Crippen LogP contribution in [-0.4, -0.2) is 4.57 Å². The highest BCUT2D eigenvalue weighted by Crippen LogP contribution is 2.45. The van der Waals surface area contributed by atoms with Gasteiger partial charge in [-0.05, 0) is 90.2 Å². The predicted molar refractivity (Wildman–Crippen MR) is 197 cm³/mol. The van der Waals surface area contributed by atoms with E-state index in [-0.39, 0.29) is 0 Å². The molecule has 2 heteroatoms. The van der Waals surface area contributed by atoms with Crippen molar-refractivity contribution in [3.8, 4) is 16.8 Å². The Bertz CT molecular complexity index is 2500. The predicted octanol–water partition coefficient (Wildman–Crippen LogP) is 12.6. The van der Waals surface area contributed by atoms with E-state index in [9.17, 15) is 0 Å². The van der Waals surface area contributed by atoms with E-state index in [1.54, 1.807) is 0 Å². The van der Waals surface area contributed by atoms with Gasteiger partial charge in [-0.2, -0.15) is 0 Å². The van der Waals surface area contributed by atoms with Gasteiger partial charge in [0, 0.05) is 36.6 Å². The van der Waals surface area contributed by atoms with E-state index in [2.05, 4.69) is 153 Å². The smallest absolute Gasteiger partial charge is 0.0547 e. The lowest BCUT2D eigenvalue weighted by molar-refractivity contribution is 1.18. The fourth-order valence-electron chi connectivity index (χ4n) is 6.82. The van der Waals surface area contributed by atoms with Crippen LogP contribution in [0.5, 0.6) is 0 Å². The first-order chi connectivity index (χ1) is 22.1. The number of fused-ring (bicyclic) bond motifs is 8. The molecule has 0 atom stereocenters. The van der Waals surface area contributed by atoms with Gasteiger partial charge in [-0.25, -0.2) is 0 Å². The molecule has 1 nitrogen and oxygen atoms in total. The van der Waals surface area contributed by atoms with E-state index in [1.165, 1.54) is 86.3 Å². The third kappa shape index (κ3) is 4.61. The number of aryl methyl sites for hydroxylation is 3. The summed E-state index contributed by atoms with van der Waals surface area (Å²) in [6.07, 6.45) is 0. The SMILES string of the molecule is Cc1cc2sc3c4ccccc4ccc3c2cc1-c1c(C)ccc2c1c1ccccc1n2-c1ccccc1.Cc1ccccc1. The van der Waals surface area contributed by atoms with Crippen LogP contribution in [0.3, 0.4) is 0 Å². The van der Waals surface area contributed by atoms with Crippen molar-refractivity contribution in [2.24, 2.45) is 0 Å². The summed E-state index contributed by atoms with van der Waals surface area (Å²) in [5, 5.41) is 7.97. The van der Waals surface area contributed by atoms with Crippen molar-refractivity contribution in [1.82, 2.24) is 4.57 Å². The molecule has 0 spiro atoms. The zero-order valence-corrected chi connectivity index (χ0v) is 26.5. The van der Waals surface area contributed by atoms with Crippen molar-refractivity contribution in [3.05, 3.63) is 162 Å². The number of hydrogen-bond donors (Lipinski definition) is 0. The molecule has 7 aromatic carbocycles. The van der Waals surface area contributed by atoms with E-state index < -0.39 is 0 Å². The lowest BCUT2D eigenvalue weighted by Crippen LogP contribution is -1.94. The largest absolute Gasteiger partial charge is 0.309 e. The summed E-state index contributed by atoms with van der Waals surface area (Å²) in [6.45, 7) is 6.61. The van der Waals surface area contributed by atoms with Gasteiger partial charge < -0.3 is 4.57 Å². The van der Waals surface area contributed by atoms with Gasteiger partial charge in [0.15, 0.2) is 0 Å². The minimum Gasteiger partial charge on any atom is -0.309 e. The Kier molecular flexibility index (Phi) is 6.73. The number of para-hydroxylation sites is 2. The summed E-state index contributed by atoms with van der Waals surface area (Å²) >= 11 is 1.92. The molecule has 0 bridgehead atoms. The van der Waals surface area contributed by atoms with Crippen LogP contribution in [0.15, 0.2) is 146 Å². The molecule has 0 saturated carbocycles. The molecule has 9 aromatic rings. The quantitative estimate of drug-likeness (QED) is 0.187. The van der Waals surface area contributed by atoms with Crippen LogP contribution >= 0.6 is 11.3 Å². The molecule has 0 N–H and O–H groups in total. The molecular weight excluding hydrogens is 563 g/mol. The number of benzene rings is 7. The minimum absolute atomic E-state index is 1.19. The first kappa shape index (κ1) is 27.4. The Morgan fingerprint density at radius 3 is 1.93 bits per heavy atom. The molecule has 0 radical (unpaired) electrons. The van der Waals surface area contributed by atoms with E-state index in [1.807, 2.05) is 29.5 Å². The number of nitrogens with zero attached hydrogens (tertiary/aromatic N) is 1. The molecule has 0 amide bonds. The standard InChI is InChI=1S/C36H25NS.C7H8/c1-22-16-19-32-35(28-14-8-9-15-31(28)37(32)25-11-4-3-5-12-25)34(22)29-21-30-27-18-17-24-10-6-7-13-26(24)36(27)38-33(30)20-23(29)2;1-7-5-3-2-4-6-7/h3-21H,1-2H3;2-6H,1H3. The summed E-state index contributed by atoms with van der Waals surface area (Å²) in [7, 11) is 0. The monoisotopic (exact) mass is 595 g/mol. The maximum Gasteiger partial charge on any atom is 0.0547 e. The molecule has 45 heavy (non-hydrogen) atoms. The number of rotatable bonds is 2.